The molecule has 0 atom stereocenters. The SMILES string of the molecule is CSc1cccc(NC(=O)c2cccc3c2CCNC3)c1. The van der Waals surface area contributed by atoms with Gasteiger partial charge in [0, 0.05) is 22.7 Å². The van der Waals surface area contributed by atoms with Gasteiger partial charge in [0.25, 0.3) is 5.91 Å². The summed E-state index contributed by atoms with van der Waals surface area (Å²) in [5.74, 6) is -0.0213. The van der Waals surface area contributed by atoms with Crippen molar-refractivity contribution in [2.45, 2.75) is 17.9 Å². The lowest BCUT2D eigenvalue weighted by Gasteiger charge is -2.20. The van der Waals surface area contributed by atoms with E-state index in [0.29, 0.717) is 0 Å². The number of amides is 1. The van der Waals surface area contributed by atoms with Crippen LogP contribution in [0.25, 0.3) is 0 Å². The molecule has 108 valence electrons. The lowest BCUT2D eigenvalue weighted by molar-refractivity contribution is 0.102. The van der Waals surface area contributed by atoms with Crippen LogP contribution in [0.5, 0.6) is 0 Å². The molecule has 1 aliphatic rings. The maximum Gasteiger partial charge on any atom is 0.255 e. The third-order valence-electron chi connectivity index (χ3n) is 3.71. The van der Waals surface area contributed by atoms with Gasteiger partial charge in [-0.1, -0.05) is 18.2 Å². The fourth-order valence-electron chi connectivity index (χ4n) is 2.64. The van der Waals surface area contributed by atoms with Gasteiger partial charge in [-0.15, -0.1) is 11.8 Å². The van der Waals surface area contributed by atoms with Gasteiger partial charge < -0.3 is 10.6 Å². The van der Waals surface area contributed by atoms with Crippen LogP contribution in [0.15, 0.2) is 47.4 Å². The molecule has 3 nitrogen and oxygen atoms in total. The van der Waals surface area contributed by atoms with Crippen LogP contribution in [0.4, 0.5) is 5.69 Å². The second-order valence-corrected chi connectivity index (χ2v) is 5.94. The number of carbonyl (C=O) groups excluding carboxylic acids is 1. The first kappa shape index (κ1) is 14.2. The molecule has 1 amide bonds. The van der Waals surface area contributed by atoms with Crippen molar-refractivity contribution in [3.8, 4) is 0 Å². The van der Waals surface area contributed by atoms with Crippen LogP contribution < -0.4 is 10.6 Å². The highest BCUT2D eigenvalue weighted by Crippen LogP contribution is 2.22. The van der Waals surface area contributed by atoms with E-state index in [2.05, 4.69) is 16.7 Å². The summed E-state index contributed by atoms with van der Waals surface area (Å²) < 4.78 is 0. The first-order valence-corrected chi connectivity index (χ1v) is 8.27. The van der Waals surface area contributed by atoms with Crippen LogP contribution in [0.2, 0.25) is 0 Å². The molecule has 0 unspecified atom stereocenters. The van der Waals surface area contributed by atoms with Crippen LogP contribution in [0.3, 0.4) is 0 Å². The van der Waals surface area contributed by atoms with Crippen molar-refractivity contribution in [2.24, 2.45) is 0 Å². The molecule has 4 heteroatoms. The number of anilines is 1. The summed E-state index contributed by atoms with van der Waals surface area (Å²) in [6.07, 6.45) is 2.94. The summed E-state index contributed by atoms with van der Waals surface area (Å²) in [4.78, 5) is 13.7. The summed E-state index contributed by atoms with van der Waals surface area (Å²) in [6, 6.07) is 13.9. The van der Waals surface area contributed by atoms with Crippen molar-refractivity contribution in [2.75, 3.05) is 18.1 Å². The lowest BCUT2D eigenvalue weighted by Crippen LogP contribution is -2.26. The number of fused-ring (bicyclic) bond motifs is 1. The summed E-state index contributed by atoms with van der Waals surface area (Å²) >= 11 is 1.67. The van der Waals surface area contributed by atoms with E-state index in [9.17, 15) is 4.79 Å². The molecule has 0 saturated heterocycles. The fourth-order valence-corrected chi connectivity index (χ4v) is 3.10. The van der Waals surface area contributed by atoms with E-state index in [0.717, 1.165) is 35.7 Å². The molecule has 0 aliphatic carbocycles. The average molecular weight is 298 g/mol. The number of hydrogen-bond acceptors (Lipinski definition) is 3. The standard InChI is InChI=1S/C17H18N2OS/c1-21-14-6-3-5-13(10-14)19-17(20)16-7-2-4-12-11-18-9-8-15(12)16/h2-7,10,18H,8-9,11H2,1H3,(H,19,20). The predicted octanol–water partition coefficient (Wildman–Crippen LogP) is 3.31. The molecule has 0 radical (unpaired) electrons. The zero-order valence-corrected chi connectivity index (χ0v) is 12.8. The molecule has 2 aromatic rings. The van der Waals surface area contributed by atoms with Crippen LogP contribution >= 0.6 is 11.8 Å². The number of carbonyl (C=O) groups is 1. The zero-order valence-electron chi connectivity index (χ0n) is 12.0. The van der Waals surface area contributed by atoms with Gasteiger partial charge in [-0.2, -0.15) is 0 Å². The number of benzene rings is 2. The fraction of sp³-hybridized carbons (Fsp3) is 0.235. The average Bonchev–Trinajstić information content (AvgIpc) is 2.54. The third kappa shape index (κ3) is 3.12. The molecule has 3 rings (SSSR count). The Kier molecular flexibility index (Phi) is 4.27. The molecule has 0 bridgehead atoms. The minimum Gasteiger partial charge on any atom is -0.322 e. The number of hydrogen-bond donors (Lipinski definition) is 2. The Morgan fingerprint density at radius 1 is 1.24 bits per heavy atom. The van der Waals surface area contributed by atoms with Crippen molar-refractivity contribution in [3.05, 3.63) is 59.2 Å². The van der Waals surface area contributed by atoms with Crippen molar-refractivity contribution in [3.63, 3.8) is 0 Å². The molecule has 0 spiro atoms. The van der Waals surface area contributed by atoms with E-state index in [-0.39, 0.29) is 5.91 Å². The van der Waals surface area contributed by atoms with Gasteiger partial charge in [-0.3, -0.25) is 4.79 Å². The molecule has 0 aromatic heterocycles. The second-order valence-electron chi connectivity index (χ2n) is 5.06. The quantitative estimate of drug-likeness (QED) is 0.854. The van der Waals surface area contributed by atoms with E-state index in [1.165, 1.54) is 11.1 Å². The van der Waals surface area contributed by atoms with Crippen molar-refractivity contribution in [1.82, 2.24) is 5.32 Å². The van der Waals surface area contributed by atoms with Gasteiger partial charge in [0.15, 0.2) is 0 Å². The van der Waals surface area contributed by atoms with Gasteiger partial charge in [-0.25, -0.2) is 0 Å². The molecule has 21 heavy (non-hydrogen) atoms. The number of rotatable bonds is 3. The highest BCUT2D eigenvalue weighted by Gasteiger charge is 2.17. The Morgan fingerprint density at radius 3 is 2.95 bits per heavy atom. The molecular formula is C17H18N2OS. The molecule has 1 aliphatic heterocycles. The Bertz CT molecular complexity index is 670. The van der Waals surface area contributed by atoms with Crippen LogP contribution in [-0.2, 0) is 13.0 Å². The van der Waals surface area contributed by atoms with Crippen LogP contribution in [-0.4, -0.2) is 18.7 Å². The third-order valence-corrected chi connectivity index (χ3v) is 4.44. The summed E-state index contributed by atoms with van der Waals surface area (Å²) in [6.45, 7) is 1.78. The smallest absolute Gasteiger partial charge is 0.255 e. The van der Waals surface area contributed by atoms with E-state index in [4.69, 9.17) is 0 Å². The molecule has 2 aromatic carbocycles. The Morgan fingerprint density at radius 2 is 2.10 bits per heavy atom. The minimum atomic E-state index is -0.0213. The summed E-state index contributed by atoms with van der Waals surface area (Å²) in [5, 5.41) is 6.35. The first-order chi connectivity index (χ1) is 10.3. The monoisotopic (exact) mass is 298 g/mol. The normalized spacial score (nSPS) is 13.6. The van der Waals surface area contributed by atoms with Crippen LogP contribution in [0, 0.1) is 0 Å². The Hall–Kier alpha value is -1.78. The number of thioether (sulfide) groups is 1. The summed E-state index contributed by atoms with van der Waals surface area (Å²) in [7, 11) is 0. The van der Waals surface area contributed by atoms with Crippen LogP contribution in [0.1, 0.15) is 21.5 Å². The maximum atomic E-state index is 12.5. The second kappa shape index (κ2) is 6.33. The van der Waals surface area contributed by atoms with Gasteiger partial charge >= 0.3 is 0 Å². The van der Waals surface area contributed by atoms with Gasteiger partial charge in [-0.05, 0) is 54.6 Å². The van der Waals surface area contributed by atoms with Crippen molar-refractivity contribution in [1.29, 1.82) is 0 Å². The van der Waals surface area contributed by atoms with Crippen molar-refractivity contribution < 1.29 is 4.79 Å². The topological polar surface area (TPSA) is 41.1 Å². The highest BCUT2D eigenvalue weighted by atomic mass is 32.2. The first-order valence-electron chi connectivity index (χ1n) is 7.05. The predicted molar refractivity (Wildman–Crippen MR) is 88.0 cm³/mol. The summed E-state index contributed by atoms with van der Waals surface area (Å²) in [5.41, 5.74) is 4.04. The molecule has 2 N–H and O–H groups in total. The van der Waals surface area contributed by atoms with E-state index in [1.807, 2.05) is 42.7 Å². The van der Waals surface area contributed by atoms with Crippen molar-refractivity contribution >= 4 is 23.4 Å². The number of nitrogens with one attached hydrogen (secondary N) is 2. The lowest BCUT2D eigenvalue weighted by atomic mass is 9.95. The Labute approximate surface area is 129 Å². The Balaban J connectivity index is 1.85. The highest BCUT2D eigenvalue weighted by molar-refractivity contribution is 7.98. The van der Waals surface area contributed by atoms with E-state index < -0.39 is 0 Å². The van der Waals surface area contributed by atoms with E-state index in [1.54, 1.807) is 11.8 Å². The molecule has 1 heterocycles. The largest absolute Gasteiger partial charge is 0.322 e. The van der Waals surface area contributed by atoms with Gasteiger partial charge in [0.2, 0.25) is 0 Å². The minimum absolute atomic E-state index is 0.0213. The zero-order chi connectivity index (χ0) is 14.7. The van der Waals surface area contributed by atoms with Gasteiger partial charge in [0.1, 0.15) is 0 Å². The van der Waals surface area contributed by atoms with E-state index >= 15 is 0 Å². The molecule has 0 fully saturated rings. The molecular weight excluding hydrogens is 280 g/mol. The maximum absolute atomic E-state index is 12.5. The molecule has 0 saturated carbocycles. The van der Waals surface area contributed by atoms with Gasteiger partial charge in [0.05, 0.1) is 0 Å².